The van der Waals surface area contributed by atoms with E-state index in [2.05, 4.69) is 22.5 Å². The van der Waals surface area contributed by atoms with Crippen molar-refractivity contribution in [1.29, 1.82) is 0 Å². The number of nitrogens with one attached hydrogen (secondary N) is 2. The number of alkyl carbamates (subject to hydrolysis) is 1. The highest BCUT2D eigenvalue weighted by Gasteiger charge is 2.28. The smallest absolute Gasteiger partial charge is 0.407 e. The van der Waals surface area contributed by atoms with E-state index in [9.17, 15) is 4.79 Å². The van der Waals surface area contributed by atoms with E-state index in [-0.39, 0.29) is 6.09 Å². The summed E-state index contributed by atoms with van der Waals surface area (Å²) in [5.74, 6) is 0.466. The lowest BCUT2D eigenvalue weighted by atomic mass is 10.0. The van der Waals surface area contributed by atoms with Gasteiger partial charge >= 0.3 is 6.09 Å². The number of carbonyl (C=O) groups is 1. The molecule has 23 heavy (non-hydrogen) atoms. The number of aromatic nitrogens is 1. The summed E-state index contributed by atoms with van der Waals surface area (Å²) in [6.45, 7) is 9.28. The highest BCUT2D eigenvalue weighted by atomic mass is 32.1. The van der Waals surface area contributed by atoms with Gasteiger partial charge in [-0.2, -0.15) is 0 Å². The second-order valence-electron chi connectivity index (χ2n) is 7.14. The fourth-order valence-electron chi connectivity index (χ4n) is 2.89. The van der Waals surface area contributed by atoms with E-state index in [4.69, 9.17) is 4.74 Å². The number of carbonyl (C=O) groups excluding carboxylic acids is 1. The van der Waals surface area contributed by atoms with E-state index in [1.165, 1.54) is 11.3 Å². The summed E-state index contributed by atoms with van der Waals surface area (Å²) >= 11 is 1.78. The summed E-state index contributed by atoms with van der Waals surface area (Å²) in [5, 5.41) is 7.67. The van der Waals surface area contributed by atoms with Crippen LogP contribution in [0.1, 0.15) is 56.8 Å². The van der Waals surface area contributed by atoms with Gasteiger partial charge in [-0.1, -0.05) is 13.3 Å². The molecule has 0 radical (unpaired) electrons. The molecule has 1 aliphatic rings. The molecule has 2 unspecified atom stereocenters. The fraction of sp³-hybridized carbons (Fsp3) is 0.765. The number of hydrogen-bond donors (Lipinski definition) is 2. The number of ether oxygens (including phenoxy) is 1. The molecule has 0 aliphatic heterocycles. The third kappa shape index (κ3) is 6.11. The highest BCUT2D eigenvalue weighted by Crippen LogP contribution is 2.26. The summed E-state index contributed by atoms with van der Waals surface area (Å²) in [4.78, 5) is 17.6. The minimum atomic E-state index is -0.445. The molecule has 1 aromatic heterocycles. The average Bonchev–Trinajstić information content (AvgIpc) is 3.10. The minimum absolute atomic E-state index is 0.323. The topological polar surface area (TPSA) is 63.2 Å². The van der Waals surface area contributed by atoms with Gasteiger partial charge in [0, 0.05) is 30.2 Å². The zero-order chi connectivity index (χ0) is 16.9. The van der Waals surface area contributed by atoms with Crippen molar-refractivity contribution >= 4 is 17.4 Å². The summed E-state index contributed by atoms with van der Waals surface area (Å²) < 4.78 is 5.30. The molecule has 5 nitrogen and oxygen atoms in total. The van der Waals surface area contributed by atoms with Crippen molar-refractivity contribution in [3.8, 4) is 0 Å². The van der Waals surface area contributed by atoms with Crippen LogP contribution in [0.2, 0.25) is 0 Å². The Hall–Kier alpha value is -1.14. The zero-order valence-corrected chi connectivity index (χ0v) is 15.5. The third-order valence-corrected chi connectivity index (χ3v) is 5.17. The lowest BCUT2D eigenvalue weighted by Gasteiger charge is -2.23. The first-order chi connectivity index (χ1) is 10.9. The van der Waals surface area contributed by atoms with Crippen LogP contribution in [0.4, 0.5) is 4.79 Å². The first kappa shape index (κ1) is 18.2. The molecular formula is C17H29N3O2S. The van der Waals surface area contributed by atoms with E-state index in [1.54, 1.807) is 11.3 Å². The molecule has 0 saturated heterocycles. The summed E-state index contributed by atoms with van der Waals surface area (Å²) in [6.07, 6.45) is 6.20. The molecule has 1 aliphatic carbocycles. The average molecular weight is 340 g/mol. The fourth-order valence-corrected chi connectivity index (χ4v) is 3.70. The van der Waals surface area contributed by atoms with Gasteiger partial charge in [0.15, 0.2) is 0 Å². The molecule has 130 valence electrons. The second kappa shape index (κ2) is 8.11. The van der Waals surface area contributed by atoms with Crippen molar-refractivity contribution < 1.29 is 9.53 Å². The Labute approximate surface area is 143 Å². The van der Waals surface area contributed by atoms with Gasteiger partial charge in [-0.15, -0.1) is 11.3 Å². The van der Waals surface area contributed by atoms with Gasteiger partial charge in [-0.25, -0.2) is 9.78 Å². The second-order valence-corrected chi connectivity index (χ2v) is 8.33. The van der Waals surface area contributed by atoms with Crippen LogP contribution in [0.3, 0.4) is 0 Å². The van der Waals surface area contributed by atoms with Gasteiger partial charge < -0.3 is 15.4 Å². The quantitative estimate of drug-likeness (QED) is 0.833. The van der Waals surface area contributed by atoms with Gasteiger partial charge in [0.2, 0.25) is 0 Å². The number of aryl methyl sites for hydroxylation is 1. The van der Waals surface area contributed by atoms with Gasteiger partial charge in [0.05, 0.1) is 0 Å². The maximum atomic E-state index is 11.8. The van der Waals surface area contributed by atoms with Crippen molar-refractivity contribution in [2.45, 2.75) is 71.6 Å². The monoisotopic (exact) mass is 339 g/mol. The molecule has 1 aromatic rings. The Balaban J connectivity index is 1.75. The van der Waals surface area contributed by atoms with Crippen LogP contribution in [-0.4, -0.2) is 29.3 Å². The summed E-state index contributed by atoms with van der Waals surface area (Å²) in [7, 11) is 0. The maximum Gasteiger partial charge on any atom is 0.407 e. The minimum Gasteiger partial charge on any atom is -0.444 e. The van der Waals surface area contributed by atoms with Gasteiger partial charge in [-0.05, 0) is 46.0 Å². The molecular weight excluding hydrogens is 310 g/mol. The van der Waals surface area contributed by atoms with Crippen molar-refractivity contribution in [3.05, 3.63) is 16.1 Å². The highest BCUT2D eigenvalue weighted by molar-refractivity contribution is 7.11. The zero-order valence-electron chi connectivity index (χ0n) is 14.6. The third-order valence-electron chi connectivity index (χ3n) is 4.03. The van der Waals surface area contributed by atoms with Crippen LogP contribution in [-0.2, 0) is 17.7 Å². The lowest BCUT2D eigenvalue weighted by molar-refractivity contribution is 0.0517. The van der Waals surface area contributed by atoms with Crippen molar-refractivity contribution in [1.82, 2.24) is 15.6 Å². The van der Waals surface area contributed by atoms with E-state index in [0.717, 1.165) is 30.8 Å². The van der Waals surface area contributed by atoms with Crippen LogP contribution in [0.25, 0.3) is 0 Å². The van der Waals surface area contributed by atoms with E-state index in [0.29, 0.717) is 18.5 Å². The molecule has 1 heterocycles. The van der Waals surface area contributed by atoms with Crippen LogP contribution >= 0.6 is 11.3 Å². The Morgan fingerprint density at radius 2 is 2.22 bits per heavy atom. The first-order valence-electron chi connectivity index (χ1n) is 8.51. The predicted molar refractivity (Wildman–Crippen MR) is 93.7 cm³/mol. The normalized spacial score (nSPS) is 21.4. The van der Waals surface area contributed by atoms with Gasteiger partial charge in [0.25, 0.3) is 0 Å². The number of rotatable bonds is 6. The van der Waals surface area contributed by atoms with E-state index >= 15 is 0 Å². The van der Waals surface area contributed by atoms with Crippen molar-refractivity contribution in [3.63, 3.8) is 0 Å². The molecule has 6 heteroatoms. The van der Waals surface area contributed by atoms with Crippen LogP contribution in [0.15, 0.2) is 6.20 Å². The van der Waals surface area contributed by atoms with Gasteiger partial charge in [0.1, 0.15) is 10.6 Å². The molecule has 2 rings (SSSR count). The largest absolute Gasteiger partial charge is 0.444 e. The summed E-state index contributed by atoms with van der Waals surface area (Å²) in [6, 6.07) is 0.443. The Morgan fingerprint density at radius 1 is 1.43 bits per heavy atom. The maximum absolute atomic E-state index is 11.8. The molecule has 2 atom stereocenters. The van der Waals surface area contributed by atoms with E-state index < -0.39 is 5.60 Å². The van der Waals surface area contributed by atoms with Crippen LogP contribution in [0, 0.1) is 5.92 Å². The molecule has 1 fully saturated rings. The standard InChI is InChI=1S/C17H29N3O2S/c1-5-13-10-19-15(23-13)11-18-14-8-6-7-12(14)9-20-16(21)22-17(2,3)4/h10,12,14,18H,5-9,11H2,1-4H3,(H,20,21). The molecule has 0 aromatic carbocycles. The Bertz CT molecular complexity index is 510. The first-order valence-corrected chi connectivity index (χ1v) is 9.33. The Morgan fingerprint density at radius 3 is 2.87 bits per heavy atom. The van der Waals surface area contributed by atoms with Crippen molar-refractivity contribution in [2.75, 3.05) is 6.54 Å². The molecule has 1 amide bonds. The van der Waals surface area contributed by atoms with Crippen LogP contribution in [0.5, 0.6) is 0 Å². The van der Waals surface area contributed by atoms with Crippen molar-refractivity contribution in [2.24, 2.45) is 5.92 Å². The summed E-state index contributed by atoms with van der Waals surface area (Å²) in [5.41, 5.74) is -0.445. The number of thiazole rings is 1. The number of nitrogens with zero attached hydrogens (tertiary/aromatic N) is 1. The van der Waals surface area contributed by atoms with E-state index in [1.807, 2.05) is 27.0 Å². The molecule has 0 bridgehead atoms. The molecule has 0 spiro atoms. The Kier molecular flexibility index (Phi) is 6.41. The van der Waals surface area contributed by atoms with Crippen LogP contribution < -0.4 is 10.6 Å². The lowest BCUT2D eigenvalue weighted by Crippen LogP contribution is -2.40. The molecule has 2 N–H and O–H groups in total. The molecule has 1 saturated carbocycles. The van der Waals surface area contributed by atoms with Gasteiger partial charge in [-0.3, -0.25) is 0 Å². The SMILES string of the molecule is CCc1cnc(CNC2CCCC2CNC(=O)OC(C)(C)C)s1. The number of amides is 1. The predicted octanol–water partition coefficient (Wildman–Crippen LogP) is 3.49. The number of hydrogen-bond acceptors (Lipinski definition) is 5.